The van der Waals surface area contributed by atoms with Crippen molar-refractivity contribution < 1.29 is 19.7 Å². The van der Waals surface area contributed by atoms with E-state index < -0.39 is 6.04 Å². The van der Waals surface area contributed by atoms with E-state index in [1.165, 1.54) is 19.2 Å². The standard InChI is InChI=1S/C16H17NO4/c1-21-15-8-7-12(9-14(15)19)16(20)17-13(10-18)11-5-3-2-4-6-11/h2-9,13,18-19H,10H2,1H3,(H,17,20). The summed E-state index contributed by atoms with van der Waals surface area (Å²) in [7, 11) is 1.44. The van der Waals surface area contributed by atoms with Crippen LogP contribution in [0.4, 0.5) is 0 Å². The quantitative estimate of drug-likeness (QED) is 0.784. The van der Waals surface area contributed by atoms with Gasteiger partial charge in [0.25, 0.3) is 5.91 Å². The van der Waals surface area contributed by atoms with Crippen LogP contribution in [-0.2, 0) is 0 Å². The van der Waals surface area contributed by atoms with Crippen molar-refractivity contribution in [3.05, 3.63) is 59.7 Å². The van der Waals surface area contributed by atoms with Gasteiger partial charge in [-0.15, -0.1) is 0 Å². The molecule has 5 heteroatoms. The third kappa shape index (κ3) is 3.52. The molecule has 0 spiro atoms. The minimum absolute atomic E-state index is 0.106. The monoisotopic (exact) mass is 287 g/mol. The Morgan fingerprint density at radius 1 is 1.24 bits per heavy atom. The lowest BCUT2D eigenvalue weighted by atomic mass is 10.1. The summed E-state index contributed by atoms with van der Waals surface area (Å²) in [5.74, 6) is -0.186. The van der Waals surface area contributed by atoms with Crippen molar-refractivity contribution in [3.8, 4) is 11.5 Å². The Labute approximate surface area is 122 Å². The topological polar surface area (TPSA) is 78.8 Å². The second kappa shape index (κ2) is 6.76. The summed E-state index contributed by atoms with van der Waals surface area (Å²) < 4.78 is 4.93. The zero-order chi connectivity index (χ0) is 15.2. The molecule has 0 saturated heterocycles. The van der Waals surface area contributed by atoms with Gasteiger partial charge in [-0.3, -0.25) is 4.79 Å². The second-order valence-electron chi connectivity index (χ2n) is 4.51. The Morgan fingerprint density at radius 2 is 1.95 bits per heavy atom. The van der Waals surface area contributed by atoms with Gasteiger partial charge < -0.3 is 20.3 Å². The number of aromatic hydroxyl groups is 1. The van der Waals surface area contributed by atoms with Crippen molar-refractivity contribution in [2.75, 3.05) is 13.7 Å². The highest BCUT2D eigenvalue weighted by atomic mass is 16.5. The summed E-state index contributed by atoms with van der Waals surface area (Å²) in [6.07, 6.45) is 0. The smallest absolute Gasteiger partial charge is 0.251 e. The molecule has 21 heavy (non-hydrogen) atoms. The molecule has 0 heterocycles. The molecule has 0 radical (unpaired) electrons. The van der Waals surface area contributed by atoms with Gasteiger partial charge in [0, 0.05) is 5.56 Å². The van der Waals surface area contributed by atoms with Crippen molar-refractivity contribution in [1.82, 2.24) is 5.32 Å². The molecule has 1 unspecified atom stereocenters. The first-order valence-corrected chi connectivity index (χ1v) is 6.49. The molecule has 0 aliphatic rings. The second-order valence-corrected chi connectivity index (χ2v) is 4.51. The van der Waals surface area contributed by atoms with E-state index in [0.717, 1.165) is 5.56 Å². The molecular formula is C16H17NO4. The van der Waals surface area contributed by atoms with Crippen molar-refractivity contribution in [1.29, 1.82) is 0 Å². The Bertz CT molecular complexity index is 613. The number of methoxy groups -OCH3 is 1. The Morgan fingerprint density at radius 3 is 2.52 bits per heavy atom. The van der Waals surface area contributed by atoms with Gasteiger partial charge in [-0.05, 0) is 23.8 Å². The van der Waals surface area contributed by atoms with E-state index in [1.54, 1.807) is 6.07 Å². The Kier molecular flexibility index (Phi) is 4.79. The fourth-order valence-electron chi connectivity index (χ4n) is 1.99. The predicted molar refractivity (Wildman–Crippen MR) is 78.4 cm³/mol. The molecule has 0 aromatic heterocycles. The zero-order valence-electron chi connectivity index (χ0n) is 11.6. The molecule has 0 aliphatic carbocycles. The van der Waals surface area contributed by atoms with Crippen molar-refractivity contribution >= 4 is 5.91 Å². The van der Waals surface area contributed by atoms with E-state index in [0.29, 0.717) is 11.3 Å². The molecule has 1 amide bonds. The molecule has 3 N–H and O–H groups in total. The normalized spacial score (nSPS) is 11.7. The van der Waals surface area contributed by atoms with Crippen molar-refractivity contribution in [3.63, 3.8) is 0 Å². The van der Waals surface area contributed by atoms with Crippen molar-refractivity contribution in [2.24, 2.45) is 0 Å². The first kappa shape index (κ1) is 14.9. The van der Waals surface area contributed by atoms with Gasteiger partial charge in [0.2, 0.25) is 0 Å². The highest BCUT2D eigenvalue weighted by Gasteiger charge is 2.16. The van der Waals surface area contributed by atoms with Crippen LogP contribution in [0, 0.1) is 0 Å². The highest BCUT2D eigenvalue weighted by molar-refractivity contribution is 5.95. The number of phenolic OH excluding ortho intramolecular Hbond substituents is 1. The maximum Gasteiger partial charge on any atom is 0.251 e. The molecule has 0 bridgehead atoms. The third-order valence-electron chi connectivity index (χ3n) is 3.13. The Hall–Kier alpha value is -2.53. The van der Waals surface area contributed by atoms with Crippen LogP contribution in [0.25, 0.3) is 0 Å². The highest BCUT2D eigenvalue weighted by Crippen LogP contribution is 2.26. The molecule has 0 saturated carbocycles. The molecule has 0 fully saturated rings. The fraction of sp³-hybridized carbons (Fsp3) is 0.188. The van der Waals surface area contributed by atoms with Crippen LogP contribution in [0.3, 0.4) is 0 Å². The van der Waals surface area contributed by atoms with Crippen molar-refractivity contribution in [2.45, 2.75) is 6.04 Å². The third-order valence-corrected chi connectivity index (χ3v) is 3.13. The maximum atomic E-state index is 12.2. The fourth-order valence-corrected chi connectivity index (χ4v) is 1.99. The van der Waals surface area contributed by atoms with E-state index in [9.17, 15) is 15.0 Å². The van der Waals surface area contributed by atoms with E-state index in [4.69, 9.17) is 4.74 Å². The number of ether oxygens (including phenoxy) is 1. The zero-order valence-corrected chi connectivity index (χ0v) is 11.6. The lowest BCUT2D eigenvalue weighted by Crippen LogP contribution is -2.30. The number of rotatable bonds is 5. The van der Waals surface area contributed by atoms with Gasteiger partial charge in [-0.2, -0.15) is 0 Å². The van der Waals surface area contributed by atoms with Crippen LogP contribution in [0.15, 0.2) is 48.5 Å². The summed E-state index contributed by atoms with van der Waals surface area (Å²) in [6.45, 7) is -0.210. The summed E-state index contributed by atoms with van der Waals surface area (Å²) in [4.78, 5) is 12.2. The number of benzene rings is 2. The number of aliphatic hydroxyl groups excluding tert-OH is 1. The minimum Gasteiger partial charge on any atom is -0.504 e. The maximum absolute atomic E-state index is 12.2. The lowest BCUT2D eigenvalue weighted by molar-refractivity contribution is 0.0915. The molecule has 2 rings (SSSR count). The molecule has 5 nitrogen and oxygen atoms in total. The van der Waals surface area contributed by atoms with Gasteiger partial charge in [0.05, 0.1) is 19.8 Å². The van der Waals surface area contributed by atoms with Crippen LogP contribution >= 0.6 is 0 Å². The lowest BCUT2D eigenvalue weighted by Gasteiger charge is -2.17. The minimum atomic E-state index is -0.497. The summed E-state index contributed by atoms with van der Waals surface area (Å²) in [6, 6.07) is 13.1. The van der Waals surface area contributed by atoms with E-state index >= 15 is 0 Å². The van der Waals surface area contributed by atoms with Crippen LogP contribution in [0.5, 0.6) is 11.5 Å². The molecule has 1 atom stereocenters. The number of aliphatic hydroxyl groups is 1. The van der Waals surface area contributed by atoms with Gasteiger partial charge in [0.15, 0.2) is 11.5 Å². The van der Waals surface area contributed by atoms with Crippen LogP contribution in [-0.4, -0.2) is 29.8 Å². The molecular weight excluding hydrogens is 270 g/mol. The van der Waals surface area contributed by atoms with E-state index in [1.807, 2.05) is 30.3 Å². The number of hydrogen-bond donors (Lipinski definition) is 3. The molecule has 2 aromatic carbocycles. The number of phenols is 1. The van der Waals surface area contributed by atoms with Gasteiger partial charge >= 0.3 is 0 Å². The average molecular weight is 287 g/mol. The number of hydrogen-bond acceptors (Lipinski definition) is 4. The molecule has 2 aromatic rings. The molecule has 110 valence electrons. The number of carbonyl (C=O) groups is 1. The number of nitrogens with one attached hydrogen (secondary N) is 1. The first-order valence-electron chi connectivity index (χ1n) is 6.49. The van der Waals surface area contributed by atoms with E-state index in [2.05, 4.69) is 5.32 Å². The summed E-state index contributed by atoms with van der Waals surface area (Å²) in [5.41, 5.74) is 1.11. The predicted octanol–water partition coefficient (Wildman–Crippen LogP) is 1.86. The SMILES string of the molecule is COc1ccc(C(=O)NC(CO)c2ccccc2)cc1O. The van der Waals surface area contributed by atoms with Crippen LogP contribution in [0.2, 0.25) is 0 Å². The van der Waals surface area contributed by atoms with Gasteiger partial charge in [0.1, 0.15) is 0 Å². The summed E-state index contributed by atoms with van der Waals surface area (Å²) in [5, 5.41) is 21.8. The average Bonchev–Trinajstić information content (AvgIpc) is 2.53. The number of carbonyl (C=O) groups excluding carboxylic acids is 1. The molecule has 0 aliphatic heterocycles. The summed E-state index contributed by atoms with van der Waals surface area (Å²) >= 11 is 0. The van der Waals surface area contributed by atoms with Crippen LogP contribution in [0.1, 0.15) is 22.0 Å². The number of amides is 1. The first-order chi connectivity index (χ1) is 10.2. The van der Waals surface area contributed by atoms with E-state index in [-0.39, 0.29) is 18.3 Å². The largest absolute Gasteiger partial charge is 0.504 e. The Balaban J connectivity index is 2.15. The van der Waals surface area contributed by atoms with Gasteiger partial charge in [-0.25, -0.2) is 0 Å². The van der Waals surface area contributed by atoms with Gasteiger partial charge in [-0.1, -0.05) is 30.3 Å². The van der Waals surface area contributed by atoms with Crippen LogP contribution < -0.4 is 10.1 Å².